The molecule has 2 atom stereocenters. The summed E-state index contributed by atoms with van der Waals surface area (Å²) in [6, 6.07) is 14.5. The number of benzene rings is 2. The number of nitrogens with two attached hydrogens (primary N) is 1. The number of nitrogens with zero attached hydrogens (tertiary/aromatic N) is 1. The number of ether oxygens (including phenoxy) is 2. The molecule has 0 unspecified atom stereocenters. The van der Waals surface area contributed by atoms with Crippen molar-refractivity contribution in [2.45, 2.75) is 12.1 Å². The molecule has 4 rings (SSSR count). The zero-order chi connectivity index (χ0) is 14.4. The summed E-state index contributed by atoms with van der Waals surface area (Å²) in [6.45, 7) is 0.233. The van der Waals surface area contributed by atoms with E-state index in [4.69, 9.17) is 15.2 Å². The molecule has 0 spiro atoms. The van der Waals surface area contributed by atoms with E-state index in [0.717, 1.165) is 17.0 Å². The molecule has 106 valence electrons. The molecule has 2 aromatic carbocycles. The summed E-state index contributed by atoms with van der Waals surface area (Å²) in [4.78, 5) is 13.8. The van der Waals surface area contributed by atoms with Crippen molar-refractivity contribution in [3.05, 3.63) is 54.1 Å². The molecular formula is C16H14N2O3. The summed E-state index contributed by atoms with van der Waals surface area (Å²) in [7, 11) is 0. The first-order valence-electron chi connectivity index (χ1n) is 6.79. The summed E-state index contributed by atoms with van der Waals surface area (Å²) < 4.78 is 10.7. The number of hydrogen-bond acceptors (Lipinski definition) is 4. The van der Waals surface area contributed by atoms with Gasteiger partial charge in [0.05, 0.1) is 6.04 Å². The van der Waals surface area contributed by atoms with E-state index in [1.54, 1.807) is 4.90 Å². The van der Waals surface area contributed by atoms with Crippen LogP contribution in [0.2, 0.25) is 0 Å². The number of hydrogen-bond donors (Lipinski definition) is 1. The predicted octanol–water partition coefficient (Wildman–Crippen LogP) is 1.83. The molecular weight excluding hydrogens is 268 g/mol. The first-order chi connectivity index (χ1) is 10.3. The van der Waals surface area contributed by atoms with Crippen molar-refractivity contribution in [1.82, 2.24) is 0 Å². The van der Waals surface area contributed by atoms with E-state index >= 15 is 0 Å². The van der Waals surface area contributed by atoms with Crippen LogP contribution in [0.5, 0.6) is 11.5 Å². The van der Waals surface area contributed by atoms with E-state index < -0.39 is 6.04 Å². The van der Waals surface area contributed by atoms with E-state index in [2.05, 4.69) is 0 Å². The van der Waals surface area contributed by atoms with E-state index in [1.165, 1.54) is 0 Å². The number of carbonyl (C=O) groups is 1. The van der Waals surface area contributed by atoms with Crippen molar-refractivity contribution in [2.24, 2.45) is 5.73 Å². The van der Waals surface area contributed by atoms with Crippen LogP contribution in [-0.4, -0.2) is 18.7 Å². The minimum atomic E-state index is -0.523. The first kappa shape index (κ1) is 12.2. The lowest BCUT2D eigenvalue weighted by molar-refractivity contribution is -0.126. The highest BCUT2D eigenvalue weighted by Crippen LogP contribution is 2.41. The molecule has 2 aromatic rings. The molecule has 0 aromatic heterocycles. The third-order valence-corrected chi connectivity index (χ3v) is 3.91. The van der Waals surface area contributed by atoms with Gasteiger partial charge in [0.15, 0.2) is 11.5 Å². The van der Waals surface area contributed by atoms with Gasteiger partial charge in [-0.1, -0.05) is 24.3 Å². The molecule has 2 aliphatic rings. The molecule has 0 radical (unpaired) electrons. The van der Waals surface area contributed by atoms with Gasteiger partial charge in [0.25, 0.3) is 0 Å². The van der Waals surface area contributed by atoms with Gasteiger partial charge < -0.3 is 20.1 Å². The first-order valence-corrected chi connectivity index (χ1v) is 6.79. The van der Waals surface area contributed by atoms with Crippen LogP contribution in [0.15, 0.2) is 48.5 Å². The van der Waals surface area contributed by atoms with Crippen LogP contribution >= 0.6 is 0 Å². The number of rotatable bonds is 2. The van der Waals surface area contributed by atoms with Gasteiger partial charge in [-0.15, -0.1) is 0 Å². The fraction of sp³-hybridized carbons (Fsp3) is 0.188. The number of amides is 1. The Kier molecular flexibility index (Phi) is 2.62. The van der Waals surface area contributed by atoms with Crippen LogP contribution in [0.4, 0.5) is 5.69 Å². The van der Waals surface area contributed by atoms with Crippen LogP contribution in [0.3, 0.4) is 0 Å². The molecule has 2 N–H and O–H groups in total. The molecule has 0 aliphatic carbocycles. The van der Waals surface area contributed by atoms with Gasteiger partial charge in [0.2, 0.25) is 12.7 Å². The summed E-state index contributed by atoms with van der Waals surface area (Å²) in [5.41, 5.74) is 7.82. The van der Waals surface area contributed by atoms with Crippen LogP contribution < -0.4 is 20.1 Å². The Hall–Kier alpha value is -2.53. The van der Waals surface area contributed by atoms with Gasteiger partial charge in [-0.25, -0.2) is 0 Å². The van der Waals surface area contributed by atoms with E-state index in [-0.39, 0.29) is 18.7 Å². The van der Waals surface area contributed by atoms with Crippen LogP contribution in [-0.2, 0) is 4.79 Å². The van der Waals surface area contributed by atoms with Crippen LogP contribution in [0.1, 0.15) is 11.6 Å². The minimum Gasteiger partial charge on any atom is -0.454 e. The fourth-order valence-electron chi connectivity index (χ4n) is 2.84. The average Bonchev–Trinajstić information content (AvgIpc) is 2.99. The monoisotopic (exact) mass is 282 g/mol. The standard InChI is InChI=1S/C16H14N2O3/c17-14-15(10-6-7-12-13(8-10)21-9-20-12)18(16(14)19)11-4-2-1-3-5-11/h1-8,14-15H,9,17H2/t14-,15-/m0/s1. The maximum Gasteiger partial charge on any atom is 0.247 e. The van der Waals surface area contributed by atoms with Gasteiger partial charge in [0.1, 0.15) is 6.04 Å². The van der Waals surface area contributed by atoms with E-state index in [1.807, 2.05) is 48.5 Å². The summed E-state index contributed by atoms with van der Waals surface area (Å²) >= 11 is 0. The molecule has 1 amide bonds. The molecule has 0 saturated carbocycles. The Labute approximate surface area is 121 Å². The third-order valence-electron chi connectivity index (χ3n) is 3.91. The quantitative estimate of drug-likeness (QED) is 0.853. The van der Waals surface area contributed by atoms with Gasteiger partial charge in [-0.2, -0.15) is 0 Å². The van der Waals surface area contributed by atoms with E-state index in [0.29, 0.717) is 5.75 Å². The van der Waals surface area contributed by atoms with Gasteiger partial charge >= 0.3 is 0 Å². The summed E-state index contributed by atoms with van der Waals surface area (Å²) in [5, 5.41) is 0. The number of anilines is 1. The second-order valence-corrected chi connectivity index (χ2v) is 5.13. The highest BCUT2D eigenvalue weighted by Gasteiger charge is 2.46. The SMILES string of the molecule is N[C@@H]1C(=O)N(c2ccccc2)[C@H]1c1ccc2c(c1)OCO2. The topological polar surface area (TPSA) is 64.8 Å². The van der Waals surface area contributed by atoms with Crippen molar-refractivity contribution in [3.63, 3.8) is 0 Å². The van der Waals surface area contributed by atoms with Crippen molar-refractivity contribution in [1.29, 1.82) is 0 Å². The van der Waals surface area contributed by atoms with Crippen molar-refractivity contribution < 1.29 is 14.3 Å². The Morgan fingerprint density at radius 1 is 1.05 bits per heavy atom. The van der Waals surface area contributed by atoms with Crippen molar-refractivity contribution in [2.75, 3.05) is 11.7 Å². The zero-order valence-electron chi connectivity index (χ0n) is 11.2. The molecule has 1 saturated heterocycles. The fourth-order valence-corrected chi connectivity index (χ4v) is 2.84. The largest absolute Gasteiger partial charge is 0.454 e. The van der Waals surface area contributed by atoms with Gasteiger partial charge in [-0.3, -0.25) is 4.79 Å². The number of β-lactam (4-membered cyclic amide) rings is 1. The van der Waals surface area contributed by atoms with Gasteiger partial charge in [0, 0.05) is 5.69 Å². The van der Waals surface area contributed by atoms with Crippen LogP contribution in [0.25, 0.3) is 0 Å². The maximum atomic E-state index is 12.1. The lowest BCUT2D eigenvalue weighted by atomic mass is 9.88. The number of fused-ring (bicyclic) bond motifs is 1. The third kappa shape index (κ3) is 1.78. The lowest BCUT2D eigenvalue weighted by Crippen LogP contribution is -2.63. The van der Waals surface area contributed by atoms with E-state index in [9.17, 15) is 4.79 Å². The molecule has 2 heterocycles. The molecule has 5 heteroatoms. The Morgan fingerprint density at radius 3 is 2.62 bits per heavy atom. The predicted molar refractivity (Wildman–Crippen MR) is 77.2 cm³/mol. The molecule has 21 heavy (non-hydrogen) atoms. The number of para-hydroxylation sites is 1. The number of carbonyl (C=O) groups excluding carboxylic acids is 1. The Bertz CT molecular complexity index is 702. The van der Waals surface area contributed by atoms with Crippen LogP contribution in [0, 0.1) is 0 Å². The minimum absolute atomic E-state index is 0.0659. The summed E-state index contributed by atoms with van der Waals surface area (Å²) in [5.74, 6) is 1.36. The highest BCUT2D eigenvalue weighted by atomic mass is 16.7. The highest BCUT2D eigenvalue weighted by molar-refractivity contribution is 6.05. The second-order valence-electron chi connectivity index (χ2n) is 5.13. The molecule has 2 aliphatic heterocycles. The van der Waals surface area contributed by atoms with Crippen molar-refractivity contribution in [3.8, 4) is 11.5 Å². The molecule has 1 fully saturated rings. The summed E-state index contributed by atoms with van der Waals surface area (Å²) in [6.07, 6.45) is 0. The van der Waals surface area contributed by atoms with Crippen molar-refractivity contribution >= 4 is 11.6 Å². The lowest BCUT2D eigenvalue weighted by Gasteiger charge is -2.45. The normalized spacial score (nSPS) is 23.1. The molecule has 0 bridgehead atoms. The smallest absolute Gasteiger partial charge is 0.247 e. The van der Waals surface area contributed by atoms with Gasteiger partial charge in [-0.05, 0) is 29.8 Å². The second kappa shape index (κ2) is 4.49. The average molecular weight is 282 g/mol. The zero-order valence-corrected chi connectivity index (χ0v) is 11.2. The Balaban J connectivity index is 1.71. The molecule has 5 nitrogen and oxygen atoms in total. The maximum absolute atomic E-state index is 12.1. The Morgan fingerprint density at radius 2 is 1.81 bits per heavy atom.